The highest BCUT2D eigenvalue weighted by molar-refractivity contribution is 7.19. The molecule has 0 aliphatic rings. The summed E-state index contributed by atoms with van der Waals surface area (Å²) in [7, 11) is 3.07. The number of methoxy groups -OCH3 is 2. The third kappa shape index (κ3) is 2.94. The molecule has 0 fully saturated rings. The second-order valence-electron chi connectivity index (χ2n) is 4.86. The van der Waals surface area contributed by atoms with Gasteiger partial charge in [0, 0.05) is 0 Å². The van der Waals surface area contributed by atoms with Gasteiger partial charge in [-0.15, -0.1) is 11.3 Å². The molecule has 1 aromatic heterocycles. The zero-order valence-corrected chi connectivity index (χ0v) is 14.6. The maximum atomic E-state index is 9.53. The molecule has 0 saturated heterocycles. The van der Waals surface area contributed by atoms with Gasteiger partial charge >= 0.3 is 0 Å². The molecule has 0 amide bonds. The van der Waals surface area contributed by atoms with Crippen LogP contribution in [-0.4, -0.2) is 19.2 Å². The van der Waals surface area contributed by atoms with E-state index in [0.29, 0.717) is 32.7 Å². The number of benzene rings is 2. The third-order valence-electron chi connectivity index (χ3n) is 3.46. The minimum absolute atomic E-state index is 0.394. The minimum Gasteiger partial charge on any atom is -0.493 e. The fourth-order valence-corrected chi connectivity index (χ4v) is 3.52. The summed E-state index contributed by atoms with van der Waals surface area (Å²) in [6.45, 7) is 0. The smallest absolute Gasteiger partial charge is 0.179 e. The third-order valence-corrected chi connectivity index (χ3v) is 4.92. The average Bonchev–Trinajstić information content (AvgIpc) is 3.04. The quantitative estimate of drug-likeness (QED) is 0.615. The average molecular weight is 357 g/mol. The Kier molecular flexibility index (Phi) is 4.70. The van der Waals surface area contributed by atoms with Crippen molar-refractivity contribution in [1.82, 2.24) is 4.98 Å². The Labute approximate surface area is 148 Å². The number of para-hydroxylation sites is 1. The van der Waals surface area contributed by atoms with E-state index in [2.05, 4.69) is 11.1 Å². The molecule has 3 rings (SSSR count). The van der Waals surface area contributed by atoms with Crippen LogP contribution in [0.5, 0.6) is 11.5 Å². The van der Waals surface area contributed by atoms with E-state index >= 15 is 0 Å². The van der Waals surface area contributed by atoms with Gasteiger partial charge in [0.05, 0.1) is 35.0 Å². The molecular weight excluding hydrogens is 344 g/mol. The number of ether oxygens (including phenoxy) is 2. The molecule has 2 aromatic carbocycles. The maximum absolute atomic E-state index is 9.53. The number of nitrogens with zero attached hydrogens (tertiary/aromatic N) is 2. The SMILES string of the molecule is COc1ccc(/C=C(/C#N)c2nc3ccccc3s2)c(Cl)c1OC. The van der Waals surface area contributed by atoms with Gasteiger partial charge in [-0.25, -0.2) is 4.98 Å². The fraction of sp³-hybridized carbons (Fsp3) is 0.111. The Balaban J connectivity index is 2.10. The monoisotopic (exact) mass is 356 g/mol. The molecule has 0 aliphatic heterocycles. The summed E-state index contributed by atoms with van der Waals surface area (Å²) < 4.78 is 11.6. The lowest BCUT2D eigenvalue weighted by atomic mass is 10.1. The largest absolute Gasteiger partial charge is 0.493 e. The number of allylic oxidation sites excluding steroid dienone is 1. The van der Waals surface area contributed by atoms with Gasteiger partial charge in [0.1, 0.15) is 11.1 Å². The molecular formula is C18H13ClN2O2S. The highest BCUT2D eigenvalue weighted by atomic mass is 35.5. The molecule has 0 atom stereocenters. The summed E-state index contributed by atoms with van der Waals surface area (Å²) >= 11 is 7.86. The maximum Gasteiger partial charge on any atom is 0.179 e. The van der Waals surface area contributed by atoms with E-state index in [1.165, 1.54) is 18.4 Å². The number of halogens is 1. The lowest BCUT2D eigenvalue weighted by Crippen LogP contribution is -1.93. The molecule has 0 radical (unpaired) electrons. The number of thiazole rings is 1. The molecule has 0 unspecified atom stereocenters. The number of fused-ring (bicyclic) bond motifs is 1. The molecule has 4 nitrogen and oxygen atoms in total. The lowest BCUT2D eigenvalue weighted by molar-refractivity contribution is 0.355. The molecule has 1 heterocycles. The van der Waals surface area contributed by atoms with Gasteiger partial charge < -0.3 is 9.47 Å². The summed E-state index contributed by atoms with van der Waals surface area (Å²) in [6, 6.07) is 13.5. The van der Waals surface area contributed by atoms with Crippen LogP contribution in [0, 0.1) is 11.3 Å². The van der Waals surface area contributed by atoms with Crippen molar-refractivity contribution in [2.45, 2.75) is 0 Å². The fourth-order valence-electron chi connectivity index (χ4n) is 2.30. The van der Waals surface area contributed by atoms with Crippen LogP contribution in [0.1, 0.15) is 10.6 Å². The highest BCUT2D eigenvalue weighted by Crippen LogP contribution is 2.39. The zero-order chi connectivity index (χ0) is 17.1. The molecule has 6 heteroatoms. The van der Waals surface area contributed by atoms with Gasteiger partial charge in [0.25, 0.3) is 0 Å². The van der Waals surface area contributed by atoms with Crippen molar-refractivity contribution in [2.75, 3.05) is 14.2 Å². The van der Waals surface area contributed by atoms with E-state index in [4.69, 9.17) is 21.1 Å². The molecule has 0 N–H and O–H groups in total. The number of hydrogen-bond acceptors (Lipinski definition) is 5. The molecule has 3 aromatic rings. The number of hydrogen-bond donors (Lipinski definition) is 0. The van der Waals surface area contributed by atoms with E-state index in [-0.39, 0.29) is 0 Å². The van der Waals surface area contributed by atoms with Gasteiger partial charge in [0.15, 0.2) is 11.5 Å². The first-order chi connectivity index (χ1) is 11.7. The lowest BCUT2D eigenvalue weighted by Gasteiger charge is -2.11. The van der Waals surface area contributed by atoms with Crippen molar-refractivity contribution in [2.24, 2.45) is 0 Å². The molecule has 120 valence electrons. The summed E-state index contributed by atoms with van der Waals surface area (Å²) in [5, 5.41) is 10.6. The van der Waals surface area contributed by atoms with E-state index in [1.54, 1.807) is 25.3 Å². The van der Waals surface area contributed by atoms with Crippen molar-refractivity contribution in [1.29, 1.82) is 5.26 Å². The van der Waals surface area contributed by atoms with E-state index < -0.39 is 0 Å². The first kappa shape index (κ1) is 16.3. The van der Waals surface area contributed by atoms with Crippen LogP contribution in [0.15, 0.2) is 36.4 Å². The number of rotatable bonds is 4. The van der Waals surface area contributed by atoms with E-state index in [1.807, 2.05) is 24.3 Å². The summed E-state index contributed by atoms with van der Waals surface area (Å²) in [5.41, 5.74) is 1.99. The van der Waals surface area contributed by atoms with Crippen LogP contribution in [0.3, 0.4) is 0 Å². The van der Waals surface area contributed by atoms with Crippen LogP contribution in [-0.2, 0) is 0 Å². The summed E-state index contributed by atoms with van der Waals surface area (Å²) in [5.74, 6) is 0.979. The summed E-state index contributed by atoms with van der Waals surface area (Å²) in [6.07, 6.45) is 1.71. The Hall–Kier alpha value is -2.55. The number of nitriles is 1. The molecule has 0 spiro atoms. The van der Waals surface area contributed by atoms with E-state index in [9.17, 15) is 5.26 Å². The van der Waals surface area contributed by atoms with Crippen LogP contribution in [0.25, 0.3) is 21.9 Å². The predicted octanol–water partition coefficient (Wildman–Crippen LogP) is 5.03. The van der Waals surface area contributed by atoms with Crippen molar-refractivity contribution < 1.29 is 9.47 Å². The zero-order valence-electron chi connectivity index (χ0n) is 13.0. The van der Waals surface area contributed by atoms with Gasteiger partial charge in [-0.1, -0.05) is 23.7 Å². The normalized spacial score (nSPS) is 11.3. The van der Waals surface area contributed by atoms with E-state index in [0.717, 1.165) is 10.2 Å². The van der Waals surface area contributed by atoms with Crippen molar-refractivity contribution in [3.8, 4) is 17.6 Å². The predicted molar refractivity (Wildman–Crippen MR) is 97.7 cm³/mol. The Morgan fingerprint density at radius 3 is 2.67 bits per heavy atom. The topological polar surface area (TPSA) is 55.1 Å². The van der Waals surface area contributed by atoms with Gasteiger partial charge in [0.2, 0.25) is 0 Å². The minimum atomic E-state index is 0.394. The Morgan fingerprint density at radius 1 is 1.21 bits per heavy atom. The summed E-state index contributed by atoms with van der Waals surface area (Å²) in [4.78, 5) is 4.51. The van der Waals surface area contributed by atoms with Crippen molar-refractivity contribution in [3.05, 3.63) is 52.0 Å². The second kappa shape index (κ2) is 6.91. The molecule has 0 bridgehead atoms. The van der Waals surface area contributed by atoms with Crippen molar-refractivity contribution >= 4 is 44.8 Å². The van der Waals surface area contributed by atoms with Crippen molar-refractivity contribution in [3.63, 3.8) is 0 Å². The number of aromatic nitrogens is 1. The van der Waals surface area contributed by atoms with Crippen LogP contribution >= 0.6 is 22.9 Å². The first-order valence-electron chi connectivity index (χ1n) is 7.06. The second-order valence-corrected chi connectivity index (χ2v) is 6.27. The van der Waals surface area contributed by atoms with Crippen LogP contribution in [0.4, 0.5) is 0 Å². The Bertz CT molecular complexity index is 940. The van der Waals surface area contributed by atoms with Gasteiger partial charge in [-0.3, -0.25) is 0 Å². The molecule has 24 heavy (non-hydrogen) atoms. The Morgan fingerprint density at radius 2 is 2.00 bits per heavy atom. The van der Waals surface area contributed by atoms with Gasteiger partial charge in [-0.05, 0) is 35.9 Å². The molecule has 0 aliphatic carbocycles. The molecule has 0 saturated carbocycles. The highest BCUT2D eigenvalue weighted by Gasteiger charge is 2.14. The van der Waals surface area contributed by atoms with Crippen LogP contribution in [0.2, 0.25) is 5.02 Å². The van der Waals surface area contributed by atoms with Crippen LogP contribution < -0.4 is 9.47 Å². The first-order valence-corrected chi connectivity index (χ1v) is 8.25. The standard InChI is InChI=1S/C18H13ClN2O2S/c1-22-14-8-7-11(16(19)17(14)23-2)9-12(10-20)18-21-13-5-3-4-6-15(13)24-18/h3-9H,1-2H3/b12-9-. The van der Waals surface area contributed by atoms with Gasteiger partial charge in [-0.2, -0.15) is 5.26 Å².